The Kier molecular flexibility index (Phi) is 9.87. The van der Waals surface area contributed by atoms with Gasteiger partial charge >= 0.3 is 11.9 Å². The third kappa shape index (κ3) is 7.11. The van der Waals surface area contributed by atoms with Gasteiger partial charge in [-0.1, -0.05) is 11.6 Å². The van der Waals surface area contributed by atoms with Crippen LogP contribution in [0.5, 0.6) is 0 Å². The Hall–Kier alpha value is -1.96. The van der Waals surface area contributed by atoms with E-state index in [1.165, 1.54) is 6.20 Å². The number of anilines is 2. The molecule has 9 heteroatoms. The van der Waals surface area contributed by atoms with Crippen LogP contribution in [0, 0.1) is 0 Å². The van der Waals surface area contributed by atoms with Gasteiger partial charge in [0.2, 0.25) is 0 Å². The number of halogens is 2. The van der Waals surface area contributed by atoms with Crippen LogP contribution >= 0.6 is 23.2 Å². The van der Waals surface area contributed by atoms with E-state index in [0.717, 1.165) is 0 Å². The number of hydrogen-bond donors (Lipinski definition) is 3. The highest BCUT2D eigenvalue weighted by Crippen LogP contribution is 2.26. The van der Waals surface area contributed by atoms with Gasteiger partial charge in [-0.25, -0.2) is 9.59 Å². The lowest BCUT2D eigenvalue weighted by molar-refractivity contribution is -0.146. The summed E-state index contributed by atoms with van der Waals surface area (Å²) in [6.07, 6.45) is 0.469. The van der Waals surface area contributed by atoms with Gasteiger partial charge in [-0.05, 0) is 32.0 Å². The number of alkyl halides is 1. The summed E-state index contributed by atoms with van der Waals surface area (Å²) in [4.78, 5) is 23.9. The smallest absolute Gasteiger partial charge is 0.347 e. The van der Waals surface area contributed by atoms with Gasteiger partial charge in [0.05, 0.1) is 36.6 Å². The van der Waals surface area contributed by atoms with Crippen molar-refractivity contribution in [3.05, 3.63) is 35.0 Å². The topological polar surface area (TPSA) is 96.9 Å². The first kappa shape index (κ1) is 22.1. The van der Waals surface area contributed by atoms with E-state index in [2.05, 4.69) is 10.6 Å². The van der Waals surface area contributed by atoms with Crippen molar-refractivity contribution in [2.75, 3.05) is 36.3 Å². The molecule has 1 unspecified atom stereocenters. The molecule has 0 fully saturated rings. The lowest BCUT2D eigenvalue weighted by Crippen LogP contribution is -2.21. The van der Waals surface area contributed by atoms with Gasteiger partial charge in [0.25, 0.3) is 0 Å². The highest BCUT2D eigenvalue weighted by Gasteiger charge is 2.21. The minimum Gasteiger partial charge on any atom is -0.462 e. The molecule has 0 saturated carbocycles. The number of carbonyl (C=O) groups is 2. The minimum absolute atomic E-state index is 0.0755. The molecule has 0 aliphatic rings. The van der Waals surface area contributed by atoms with E-state index in [4.69, 9.17) is 32.7 Å². The Morgan fingerprint density at radius 2 is 1.81 bits per heavy atom. The molecule has 1 aromatic rings. The number of esters is 2. The SMILES string of the molecule is CCOC(=O)C(=CNc1ccc(Cl)cc1NCC(O)CCl)C(=O)OCC. The second-order valence-corrected chi connectivity index (χ2v) is 5.77. The first-order valence-corrected chi connectivity index (χ1v) is 8.92. The molecule has 0 aliphatic heterocycles. The Morgan fingerprint density at radius 3 is 2.35 bits per heavy atom. The maximum absolute atomic E-state index is 12.0. The molecule has 1 aromatic carbocycles. The molecule has 0 bridgehead atoms. The third-order valence-electron chi connectivity index (χ3n) is 3.05. The fourth-order valence-corrected chi connectivity index (χ4v) is 2.12. The third-order valence-corrected chi connectivity index (χ3v) is 3.64. The molecule has 0 amide bonds. The summed E-state index contributed by atoms with van der Waals surface area (Å²) in [6, 6.07) is 4.92. The second-order valence-electron chi connectivity index (χ2n) is 5.02. The maximum atomic E-state index is 12.0. The van der Waals surface area contributed by atoms with Crippen molar-refractivity contribution in [3.63, 3.8) is 0 Å². The molecule has 1 atom stereocenters. The molecule has 0 radical (unpaired) electrons. The van der Waals surface area contributed by atoms with Crippen LogP contribution in [-0.2, 0) is 19.1 Å². The summed E-state index contributed by atoms with van der Waals surface area (Å²) in [6.45, 7) is 3.72. The average Bonchev–Trinajstić information content (AvgIpc) is 2.61. The fraction of sp³-hybridized carbons (Fsp3) is 0.412. The Morgan fingerprint density at radius 1 is 1.19 bits per heavy atom. The zero-order valence-corrected chi connectivity index (χ0v) is 16.1. The molecule has 7 nitrogen and oxygen atoms in total. The second kappa shape index (κ2) is 11.6. The normalized spacial score (nSPS) is 11.3. The summed E-state index contributed by atoms with van der Waals surface area (Å²) < 4.78 is 9.74. The van der Waals surface area contributed by atoms with Gasteiger partial charge in [0.15, 0.2) is 5.57 Å². The predicted molar refractivity (Wildman–Crippen MR) is 102 cm³/mol. The average molecular weight is 405 g/mol. The number of nitrogens with one attached hydrogen (secondary N) is 2. The van der Waals surface area contributed by atoms with Crippen molar-refractivity contribution in [3.8, 4) is 0 Å². The van der Waals surface area contributed by atoms with Crippen molar-refractivity contribution < 1.29 is 24.2 Å². The van der Waals surface area contributed by atoms with Crippen LogP contribution in [0.25, 0.3) is 0 Å². The molecule has 0 aliphatic carbocycles. The summed E-state index contributed by atoms with van der Waals surface area (Å²) in [5, 5.41) is 15.9. The summed E-state index contributed by atoms with van der Waals surface area (Å²) in [5.41, 5.74) is 0.822. The first-order valence-electron chi connectivity index (χ1n) is 8.01. The Bertz CT molecular complexity index is 632. The summed E-state index contributed by atoms with van der Waals surface area (Å²) in [7, 11) is 0. The first-order chi connectivity index (χ1) is 12.4. The zero-order chi connectivity index (χ0) is 19.5. The van der Waals surface area contributed by atoms with Crippen molar-refractivity contribution in [2.24, 2.45) is 0 Å². The van der Waals surface area contributed by atoms with E-state index in [-0.39, 0.29) is 31.2 Å². The predicted octanol–water partition coefficient (Wildman–Crippen LogP) is 2.77. The van der Waals surface area contributed by atoms with Gasteiger partial charge in [0.1, 0.15) is 0 Å². The van der Waals surface area contributed by atoms with Gasteiger partial charge < -0.3 is 25.2 Å². The largest absolute Gasteiger partial charge is 0.462 e. The van der Waals surface area contributed by atoms with Gasteiger partial charge in [0, 0.05) is 17.8 Å². The summed E-state index contributed by atoms with van der Waals surface area (Å²) in [5.74, 6) is -1.51. The molecular formula is C17H22Cl2N2O5. The number of carbonyl (C=O) groups excluding carboxylic acids is 2. The van der Waals surface area contributed by atoms with Crippen molar-refractivity contribution in [2.45, 2.75) is 20.0 Å². The number of rotatable bonds is 10. The van der Waals surface area contributed by atoms with Crippen LogP contribution in [0.4, 0.5) is 11.4 Å². The van der Waals surface area contributed by atoms with Crippen molar-refractivity contribution >= 4 is 46.5 Å². The van der Waals surface area contributed by atoms with Gasteiger partial charge in [-0.2, -0.15) is 0 Å². The lowest BCUT2D eigenvalue weighted by atomic mass is 10.2. The monoisotopic (exact) mass is 404 g/mol. The molecule has 3 N–H and O–H groups in total. The van der Waals surface area contributed by atoms with E-state index in [0.29, 0.717) is 16.4 Å². The van der Waals surface area contributed by atoms with E-state index in [1.54, 1.807) is 32.0 Å². The van der Waals surface area contributed by atoms with Crippen LogP contribution in [0.1, 0.15) is 13.8 Å². The van der Waals surface area contributed by atoms with Crippen molar-refractivity contribution in [1.29, 1.82) is 0 Å². The van der Waals surface area contributed by atoms with E-state index in [1.807, 2.05) is 0 Å². The maximum Gasteiger partial charge on any atom is 0.347 e. The molecule has 26 heavy (non-hydrogen) atoms. The summed E-state index contributed by atoms with van der Waals surface area (Å²) >= 11 is 11.6. The van der Waals surface area contributed by atoms with Crippen LogP contribution in [0.15, 0.2) is 30.0 Å². The molecule has 144 valence electrons. The van der Waals surface area contributed by atoms with Crippen LogP contribution in [-0.4, -0.2) is 48.8 Å². The molecule has 0 saturated heterocycles. The molecule has 0 heterocycles. The number of hydrogen-bond acceptors (Lipinski definition) is 7. The van der Waals surface area contributed by atoms with E-state index < -0.39 is 18.0 Å². The Labute approximate surface area is 162 Å². The zero-order valence-electron chi connectivity index (χ0n) is 14.6. The molecule has 1 rings (SSSR count). The van der Waals surface area contributed by atoms with Gasteiger partial charge in [-0.15, -0.1) is 11.6 Å². The fourth-order valence-electron chi connectivity index (χ4n) is 1.84. The number of benzene rings is 1. The van der Waals surface area contributed by atoms with Crippen LogP contribution in [0.3, 0.4) is 0 Å². The van der Waals surface area contributed by atoms with E-state index in [9.17, 15) is 14.7 Å². The number of aliphatic hydroxyl groups is 1. The van der Waals surface area contributed by atoms with Crippen molar-refractivity contribution in [1.82, 2.24) is 0 Å². The molecule has 0 spiro atoms. The number of aliphatic hydroxyl groups excluding tert-OH is 1. The Balaban J connectivity index is 3.03. The van der Waals surface area contributed by atoms with Crippen LogP contribution < -0.4 is 10.6 Å². The number of ether oxygens (including phenoxy) is 2. The minimum atomic E-state index is -0.792. The quantitative estimate of drug-likeness (QED) is 0.181. The molecule has 0 aromatic heterocycles. The highest BCUT2D eigenvalue weighted by atomic mass is 35.5. The standard InChI is InChI=1S/C17H22Cl2N2O5/c1-3-25-16(23)13(17(24)26-4-2)10-21-14-6-5-11(19)7-15(14)20-9-12(22)8-18/h5-7,10,12,20-22H,3-4,8-9H2,1-2H3. The van der Waals surface area contributed by atoms with E-state index >= 15 is 0 Å². The highest BCUT2D eigenvalue weighted by molar-refractivity contribution is 6.31. The molecular weight excluding hydrogens is 383 g/mol. The van der Waals surface area contributed by atoms with Gasteiger partial charge in [-0.3, -0.25) is 0 Å². The van der Waals surface area contributed by atoms with Crippen LogP contribution in [0.2, 0.25) is 5.02 Å². The lowest BCUT2D eigenvalue weighted by Gasteiger charge is -2.15.